The normalized spacial score (nSPS) is 36.3. The van der Waals surface area contributed by atoms with Gasteiger partial charge in [0, 0.05) is 61.7 Å². The van der Waals surface area contributed by atoms with Crippen LogP contribution >= 0.6 is 0 Å². The Morgan fingerprint density at radius 1 is 1.06 bits per heavy atom. The lowest BCUT2D eigenvalue weighted by molar-refractivity contribution is -0.384. The van der Waals surface area contributed by atoms with Gasteiger partial charge in [-0.2, -0.15) is 0 Å². The van der Waals surface area contributed by atoms with E-state index in [0.717, 1.165) is 6.92 Å². The minimum atomic E-state index is -3.21. The average molecular weight is 875 g/mol. The van der Waals surface area contributed by atoms with Gasteiger partial charge in [0.2, 0.25) is 0 Å². The zero-order valence-corrected chi connectivity index (χ0v) is 37.6. The molecular weight excluding hydrogens is 812 g/mol. The van der Waals surface area contributed by atoms with Crippen molar-refractivity contribution in [2.45, 2.75) is 154 Å². The highest BCUT2D eigenvalue weighted by molar-refractivity contribution is 6.08. The molecule has 0 bridgehead atoms. The minimum absolute atomic E-state index is 0.0381. The number of Topliss-reactive ketones (excluding diaryl/α,β-unsaturated/α-hetero) is 2. The van der Waals surface area contributed by atoms with Crippen LogP contribution in [0.5, 0.6) is 0 Å². The molecule has 4 heterocycles. The molecule has 2 aromatic rings. The Kier molecular flexibility index (Phi) is 15.0. The van der Waals surface area contributed by atoms with E-state index in [1.165, 1.54) is 31.1 Å². The first-order valence-electron chi connectivity index (χ1n) is 21.3. The van der Waals surface area contributed by atoms with E-state index in [4.69, 9.17) is 23.7 Å². The molecule has 0 aliphatic carbocycles. The van der Waals surface area contributed by atoms with Crippen molar-refractivity contribution in [3.63, 3.8) is 0 Å². The molecule has 1 N–H and O–H groups in total. The summed E-state index contributed by atoms with van der Waals surface area (Å²) < 4.78 is 49.0. The molecule has 62 heavy (non-hydrogen) atoms. The van der Waals surface area contributed by atoms with Crippen LogP contribution in [0.3, 0.4) is 0 Å². The van der Waals surface area contributed by atoms with Gasteiger partial charge in [-0.3, -0.25) is 24.4 Å². The number of esters is 1. The summed E-state index contributed by atoms with van der Waals surface area (Å²) in [6.07, 6.45) is -3.10. The molecule has 1 aromatic heterocycles. The first-order valence-corrected chi connectivity index (χ1v) is 21.3. The zero-order valence-electron chi connectivity index (χ0n) is 37.6. The molecule has 1 aromatic carbocycles. The van der Waals surface area contributed by atoms with Gasteiger partial charge in [-0.1, -0.05) is 45.0 Å². The lowest BCUT2D eigenvalue weighted by atomic mass is 9.73. The van der Waals surface area contributed by atoms with E-state index in [2.05, 4.69) is 10.3 Å². The summed E-state index contributed by atoms with van der Waals surface area (Å²) in [6.45, 7) is 12.8. The van der Waals surface area contributed by atoms with Gasteiger partial charge in [-0.15, -0.1) is 5.10 Å². The van der Waals surface area contributed by atoms with Crippen LogP contribution in [0.2, 0.25) is 0 Å². The first-order chi connectivity index (χ1) is 29.0. The number of aliphatic hydroxyl groups excluding tert-OH is 1. The van der Waals surface area contributed by atoms with Crippen LogP contribution in [0.4, 0.5) is 14.9 Å². The van der Waals surface area contributed by atoms with Gasteiger partial charge in [0.25, 0.3) is 11.4 Å². The summed E-state index contributed by atoms with van der Waals surface area (Å²) >= 11 is 0. The molecule has 13 atom stereocenters. The molecule has 3 aliphatic heterocycles. The van der Waals surface area contributed by atoms with E-state index in [-0.39, 0.29) is 43.0 Å². The van der Waals surface area contributed by atoms with Crippen molar-refractivity contribution in [2.24, 2.45) is 17.8 Å². The van der Waals surface area contributed by atoms with Crippen LogP contribution in [-0.4, -0.2) is 146 Å². The van der Waals surface area contributed by atoms with Crippen molar-refractivity contribution in [1.29, 1.82) is 0 Å². The minimum Gasteiger partial charge on any atom is -0.455 e. The number of ketones is 2. The summed E-state index contributed by atoms with van der Waals surface area (Å²) in [5.74, 6) is -6.02. The third-order valence-corrected chi connectivity index (χ3v) is 13.1. The number of aromatic nitrogens is 3. The molecule has 0 spiro atoms. The van der Waals surface area contributed by atoms with Crippen molar-refractivity contribution in [3.8, 4) is 11.3 Å². The van der Waals surface area contributed by atoms with Crippen molar-refractivity contribution in [2.75, 3.05) is 27.7 Å². The van der Waals surface area contributed by atoms with Crippen LogP contribution in [-0.2, 0) is 44.6 Å². The number of carbonyl (C=O) groups is 4. The smallest absolute Gasteiger partial charge is 0.410 e. The summed E-state index contributed by atoms with van der Waals surface area (Å²) in [5.41, 5.74) is -5.44. The van der Waals surface area contributed by atoms with E-state index in [0.29, 0.717) is 37.1 Å². The van der Waals surface area contributed by atoms with Crippen LogP contribution in [0.25, 0.3) is 11.3 Å². The second-order valence-corrected chi connectivity index (χ2v) is 18.0. The highest BCUT2D eigenvalue weighted by atomic mass is 19.1. The largest absolute Gasteiger partial charge is 0.455 e. The number of hydrogen-bond acceptors (Lipinski definition) is 15. The molecule has 18 nitrogen and oxygen atoms in total. The van der Waals surface area contributed by atoms with E-state index in [9.17, 15) is 34.4 Å². The highest BCUT2D eigenvalue weighted by Gasteiger charge is 2.61. The second-order valence-electron chi connectivity index (χ2n) is 18.0. The number of benzene rings is 1. The number of amides is 1. The van der Waals surface area contributed by atoms with E-state index in [1.807, 2.05) is 25.9 Å². The Labute approximate surface area is 361 Å². The second kappa shape index (κ2) is 19.1. The quantitative estimate of drug-likeness (QED) is 0.0984. The van der Waals surface area contributed by atoms with Crippen molar-refractivity contribution in [1.82, 2.24) is 24.8 Å². The number of unbranched alkanes of at least 4 members (excludes halogenated alkanes) is 1. The number of fused-ring (bicyclic) bond motifs is 1. The molecule has 0 unspecified atom stereocenters. The van der Waals surface area contributed by atoms with E-state index >= 15 is 4.39 Å². The number of aryl methyl sites for hydroxylation is 1. The molecule has 1 amide bonds. The third kappa shape index (κ3) is 9.71. The predicted molar refractivity (Wildman–Crippen MR) is 221 cm³/mol. The van der Waals surface area contributed by atoms with Gasteiger partial charge in [-0.05, 0) is 73.9 Å². The number of likely N-dealkylation sites (N-methyl/N-ethyl adjacent to an activating group) is 1. The van der Waals surface area contributed by atoms with Crippen LogP contribution in [0.1, 0.15) is 87.5 Å². The maximum Gasteiger partial charge on any atom is 0.410 e. The molecule has 0 saturated carbocycles. The fourth-order valence-corrected chi connectivity index (χ4v) is 9.59. The van der Waals surface area contributed by atoms with Crippen molar-refractivity contribution in [3.05, 3.63) is 40.6 Å². The van der Waals surface area contributed by atoms with Crippen molar-refractivity contribution < 1.29 is 57.3 Å². The number of nitro benzene ring substituents is 1. The number of carbonyl (C=O) groups excluding carboxylic acids is 4. The molecule has 344 valence electrons. The third-order valence-electron chi connectivity index (χ3n) is 13.1. The molecule has 3 saturated heterocycles. The Bertz CT molecular complexity index is 1960. The SMILES string of the molecule is CC[C@H]1OC(=O)[C@@](C)(F)C(=O)[C@H](C)[C@@H](O[C@@H]2O[C@H](C)C[C@H](N(C)C)[C@@H]2O)[C@@](C)(OC)C[C@@H](C)C(=O)[C@H](C)[C@@H]2N(CCCCn3cc(-c4cccc([N+](=O)[O-])c4)nn3)C(=O)O[C@@]21C. The number of rotatable bonds is 12. The number of alkyl halides is 1. The Morgan fingerprint density at radius 3 is 2.37 bits per heavy atom. The monoisotopic (exact) mass is 874 g/mol. The molecular formula is C43H63FN6O12. The maximum atomic E-state index is 16.9. The number of non-ortho nitro benzene ring substituents is 1. The average Bonchev–Trinajstić information content (AvgIpc) is 3.81. The van der Waals surface area contributed by atoms with Crippen LogP contribution in [0.15, 0.2) is 30.5 Å². The molecule has 3 aliphatic rings. The summed E-state index contributed by atoms with van der Waals surface area (Å²) in [6, 6.07) is 4.68. The van der Waals surface area contributed by atoms with E-state index < -0.39 is 88.0 Å². The predicted octanol–water partition coefficient (Wildman–Crippen LogP) is 4.93. The van der Waals surface area contributed by atoms with Gasteiger partial charge in [0.05, 0.1) is 35.0 Å². The lowest BCUT2D eigenvalue weighted by Crippen LogP contribution is -2.61. The van der Waals surface area contributed by atoms with Crippen molar-refractivity contribution >= 4 is 29.3 Å². The van der Waals surface area contributed by atoms with Gasteiger partial charge >= 0.3 is 12.1 Å². The number of methoxy groups -OCH3 is 1. The Hall–Kier alpha value is -4.43. The highest BCUT2D eigenvalue weighted by Crippen LogP contribution is 2.44. The molecule has 0 radical (unpaired) electrons. The van der Waals surface area contributed by atoms with Gasteiger partial charge in [0.1, 0.15) is 23.7 Å². The summed E-state index contributed by atoms with van der Waals surface area (Å²) in [5, 5.41) is 31.0. The number of halogens is 1. The summed E-state index contributed by atoms with van der Waals surface area (Å²) in [7, 11) is 5.00. The van der Waals surface area contributed by atoms with Gasteiger partial charge in [0.15, 0.2) is 17.7 Å². The van der Waals surface area contributed by atoms with Gasteiger partial charge < -0.3 is 38.6 Å². The lowest BCUT2D eigenvalue weighted by Gasteiger charge is -2.47. The fraction of sp³-hybridized carbons (Fsp3) is 0.721. The Balaban J connectivity index is 1.44. The molecule has 19 heteroatoms. The summed E-state index contributed by atoms with van der Waals surface area (Å²) in [4.78, 5) is 70.8. The van der Waals surface area contributed by atoms with Crippen LogP contribution in [0, 0.1) is 27.9 Å². The Morgan fingerprint density at radius 2 is 1.74 bits per heavy atom. The first kappa shape index (κ1) is 48.6. The number of aliphatic hydroxyl groups is 1. The maximum absolute atomic E-state index is 16.9. The van der Waals surface area contributed by atoms with Crippen LogP contribution < -0.4 is 0 Å². The number of cyclic esters (lactones) is 1. The number of hydrogen-bond donors (Lipinski definition) is 1. The zero-order chi connectivity index (χ0) is 46.1. The molecule has 5 rings (SSSR count). The number of nitrogens with zero attached hydrogens (tertiary/aromatic N) is 6. The number of ether oxygens (including phenoxy) is 5. The fourth-order valence-electron chi connectivity index (χ4n) is 9.59. The number of nitro groups is 1. The molecule has 3 fully saturated rings. The van der Waals surface area contributed by atoms with E-state index in [1.54, 1.807) is 57.6 Å². The standard InChI is InChI=1S/C43H63FN6O12/c1-12-32-43(8)35(49(40(55)62-43)19-14-13-18-48-23-30(45-46-48)28-16-15-17-29(21-28)50(56)57)26(4)33(51)24(2)22-41(6,58-11)37(27(5)36(53)42(7,44)39(54)60-32)61-38-34(52)31(47(9)10)20-25(3)59-38/h15-17,21,23-27,31-32,34-35,37-38,52H,12-14,18-20,22H2,1-11H3/t24-,25-,26+,27+,31+,32-,34+,35+,37-,38+,41+,42+,43-/m1/s1. The topological polar surface area (TPSA) is 215 Å². The van der Waals surface area contributed by atoms with Gasteiger partial charge in [-0.25, -0.2) is 14.0 Å².